The van der Waals surface area contributed by atoms with E-state index in [9.17, 15) is 0 Å². The summed E-state index contributed by atoms with van der Waals surface area (Å²) < 4.78 is 0. The lowest BCUT2D eigenvalue weighted by molar-refractivity contribution is 0.836. The van der Waals surface area contributed by atoms with Crippen LogP contribution in [-0.2, 0) is 6.54 Å². The monoisotopic (exact) mass is 361 g/mol. The molecule has 0 fully saturated rings. The third-order valence-corrected chi connectivity index (χ3v) is 3.80. The van der Waals surface area contributed by atoms with E-state index < -0.39 is 0 Å². The van der Waals surface area contributed by atoms with Gasteiger partial charge in [-0.05, 0) is 47.6 Å². The number of hydrogen-bond acceptors (Lipinski definition) is 5. The molecule has 0 amide bonds. The van der Waals surface area contributed by atoms with Gasteiger partial charge in [0.05, 0.1) is 0 Å². The molecule has 124 valence electrons. The zero-order valence-corrected chi connectivity index (χ0v) is 14.3. The topological polar surface area (TPSA) is 90.6 Å². The van der Waals surface area contributed by atoms with Crippen LogP contribution >= 0.6 is 23.8 Å². The van der Waals surface area contributed by atoms with Crippen LogP contribution in [0.5, 0.6) is 0 Å². The molecule has 0 aromatic carbocycles. The maximum atomic E-state index is 5.73. The highest BCUT2D eigenvalue weighted by atomic mass is 35.5. The Morgan fingerprint density at radius 3 is 2.88 bits per heavy atom. The molecule has 0 atom stereocenters. The summed E-state index contributed by atoms with van der Waals surface area (Å²) >= 11 is 11.0. The van der Waals surface area contributed by atoms with E-state index in [1.807, 2.05) is 18.3 Å². The number of aromatic amines is 1. The van der Waals surface area contributed by atoms with Gasteiger partial charge in [0, 0.05) is 43.6 Å². The molecule has 0 radical (unpaired) electrons. The molecule has 3 aromatic rings. The molecule has 0 unspecified atom stereocenters. The van der Waals surface area contributed by atoms with Crippen LogP contribution in [0.2, 0.25) is 5.28 Å². The van der Waals surface area contributed by atoms with Crippen molar-refractivity contribution in [3.63, 3.8) is 0 Å². The molecular formula is C15H16ClN7S. The maximum absolute atomic E-state index is 5.73. The molecule has 3 rings (SSSR count). The summed E-state index contributed by atoms with van der Waals surface area (Å²) in [7, 11) is 0. The molecule has 0 saturated carbocycles. The van der Waals surface area contributed by atoms with Gasteiger partial charge >= 0.3 is 0 Å². The lowest BCUT2D eigenvalue weighted by atomic mass is 10.2. The van der Waals surface area contributed by atoms with E-state index in [0.29, 0.717) is 30.6 Å². The van der Waals surface area contributed by atoms with Gasteiger partial charge in [-0.2, -0.15) is 0 Å². The number of pyridine rings is 1. The lowest BCUT2D eigenvalue weighted by Gasteiger charge is -2.11. The summed E-state index contributed by atoms with van der Waals surface area (Å²) in [6, 6.07) is 5.74. The second-order valence-corrected chi connectivity index (χ2v) is 5.70. The molecule has 7 nitrogen and oxygen atoms in total. The summed E-state index contributed by atoms with van der Waals surface area (Å²) in [5.74, 6) is 0.683. The minimum absolute atomic E-state index is 0.221. The predicted octanol–water partition coefficient (Wildman–Crippen LogP) is 2.08. The van der Waals surface area contributed by atoms with Gasteiger partial charge < -0.3 is 20.9 Å². The Labute approximate surface area is 149 Å². The summed E-state index contributed by atoms with van der Waals surface area (Å²) in [6.07, 6.45) is 5.26. The van der Waals surface area contributed by atoms with Crippen LogP contribution in [0.1, 0.15) is 5.56 Å². The Kier molecular flexibility index (Phi) is 5.39. The van der Waals surface area contributed by atoms with Gasteiger partial charge in [0.1, 0.15) is 11.5 Å². The summed E-state index contributed by atoms with van der Waals surface area (Å²) in [6.45, 7) is 1.95. The van der Waals surface area contributed by atoms with Crippen LogP contribution in [0, 0.1) is 0 Å². The Hall–Kier alpha value is -2.45. The van der Waals surface area contributed by atoms with E-state index in [4.69, 9.17) is 23.8 Å². The first-order valence-corrected chi connectivity index (χ1v) is 8.16. The largest absolute Gasteiger partial charge is 0.368 e. The van der Waals surface area contributed by atoms with E-state index in [-0.39, 0.29) is 5.28 Å². The van der Waals surface area contributed by atoms with Crippen LogP contribution in [-0.4, -0.2) is 38.1 Å². The van der Waals surface area contributed by atoms with E-state index >= 15 is 0 Å². The van der Waals surface area contributed by atoms with Gasteiger partial charge in [-0.25, -0.2) is 15.0 Å². The van der Waals surface area contributed by atoms with Crippen molar-refractivity contribution in [2.45, 2.75) is 6.54 Å². The normalized spacial score (nSPS) is 10.5. The number of thiocarbonyl (C=S) groups is 1. The number of halogens is 1. The summed E-state index contributed by atoms with van der Waals surface area (Å²) in [5, 5.41) is 11.4. The quantitative estimate of drug-likeness (QED) is 0.303. The van der Waals surface area contributed by atoms with Crippen LogP contribution < -0.4 is 16.0 Å². The molecule has 3 heterocycles. The van der Waals surface area contributed by atoms with Gasteiger partial charge in [0.15, 0.2) is 5.11 Å². The van der Waals surface area contributed by atoms with Crippen molar-refractivity contribution in [1.29, 1.82) is 0 Å². The van der Waals surface area contributed by atoms with E-state index in [2.05, 4.69) is 35.9 Å². The zero-order valence-electron chi connectivity index (χ0n) is 12.7. The number of hydrogen-bond donors (Lipinski definition) is 4. The van der Waals surface area contributed by atoms with Gasteiger partial charge in [0.2, 0.25) is 5.28 Å². The van der Waals surface area contributed by atoms with Crippen molar-refractivity contribution in [1.82, 2.24) is 30.6 Å². The number of fused-ring (bicyclic) bond motifs is 1. The first-order chi connectivity index (χ1) is 11.7. The fourth-order valence-electron chi connectivity index (χ4n) is 2.21. The van der Waals surface area contributed by atoms with Crippen molar-refractivity contribution in [3.8, 4) is 0 Å². The van der Waals surface area contributed by atoms with Crippen LogP contribution in [0.15, 0.2) is 36.8 Å². The molecule has 0 aliphatic heterocycles. The Morgan fingerprint density at radius 1 is 1.12 bits per heavy atom. The highest BCUT2D eigenvalue weighted by Gasteiger charge is 2.03. The highest BCUT2D eigenvalue weighted by molar-refractivity contribution is 7.80. The van der Waals surface area contributed by atoms with Gasteiger partial charge in [-0.15, -0.1) is 0 Å². The fraction of sp³-hybridized carbons (Fsp3) is 0.200. The molecule has 0 aliphatic carbocycles. The van der Waals surface area contributed by atoms with Crippen molar-refractivity contribution in [2.24, 2.45) is 0 Å². The smallest absolute Gasteiger partial charge is 0.224 e. The number of aromatic nitrogens is 4. The average molecular weight is 362 g/mol. The number of rotatable bonds is 6. The molecule has 4 N–H and O–H groups in total. The molecule has 0 bridgehead atoms. The second kappa shape index (κ2) is 7.89. The molecule has 3 aromatic heterocycles. The standard InChI is InChI=1S/C15H16ClN7S/c16-14-20-6-3-12(23-14)17-7-8-21-15(24)22-9-10-1-4-18-13-11(10)2-5-19-13/h1-6H,7-9H2,(H,18,19)(H,17,20,23)(H2,21,22,24). The minimum Gasteiger partial charge on any atom is -0.368 e. The Balaban J connectivity index is 1.41. The van der Waals surface area contributed by atoms with Gasteiger partial charge in [-0.1, -0.05) is 0 Å². The second-order valence-electron chi connectivity index (χ2n) is 4.96. The van der Waals surface area contributed by atoms with Crippen molar-refractivity contribution >= 4 is 45.8 Å². The number of anilines is 1. The summed E-state index contributed by atoms with van der Waals surface area (Å²) in [4.78, 5) is 15.2. The third kappa shape index (κ3) is 4.30. The first-order valence-electron chi connectivity index (χ1n) is 7.37. The molecular weight excluding hydrogens is 346 g/mol. The Morgan fingerprint density at radius 2 is 2.00 bits per heavy atom. The van der Waals surface area contributed by atoms with Gasteiger partial charge in [0.25, 0.3) is 0 Å². The van der Waals surface area contributed by atoms with Crippen LogP contribution in [0.25, 0.3) is 11.0 Å². The van der Waals surface area contributed by atoms with Crippen molar-refractivity contribution in [2.75, 3.05) is 18.4 Å². The molecule has 24 heavy (non-hydrogen) atoms. The molecule has 0 aliphatic rings. The van der Waals surface area contributed by atoms with E-state index in [1.54, 1.807) is 18.5 Å². The SMILES string of the molecule is S=C(NCCNc1ccnc(Cl)n1)NCc1ccnc2[nH]ccc12. The fourth-order valence-corrected chi connectivity index (χ4v) is 2.53. The molecule has 9 heteroatoms. The predicted molar refractivity (Wildman–Crippen MR) is 99.1 cm³/mol. The number of H-pyrrole nitrogens is 1. The van der Waals surface area contributed by atoms with Crippen LogP contribution in [0.3, 0.4) is 0 Å². The lowest BCUT2D eigenvalue weighted by Crippen LogP contribution is -2.37. The minimum atomic E-state index is 0.221. The van der Waals surface area contributed by atoms with Crippen molar-refractivity contribution < 1.29 is 0 Å². The highest BCUT2D eigenvalue weighted by Crippen LogP contribution is 2.14. The zero-order chi connectivity index (χ0) is 16.8. The Bertz CT molecular complexity index is 835. The third-order valence-electron chi connectivity index (χ3n) is 3.33. The number of nitrogens with zero attached hydrogens (tertiary/aromatic N) is 3. The average Bonchev–Trinajstić information content (AvgIpc) is 3.06. The van der Waals surface area contributed by atoms with E-state index in [1.165, 1.54) is 0 Å². The molecule has 0 saturated heterocycles. The van der Waals surface area contributed by atoms with Crippen LogP contribution in [0.4, 0.5) is 5.82 Å². The number of nitrogens with one attached hydrogen (secondary N) is 4. The first kappa shape index (κ1) is 16.4. The summed E-state index contributed by atoms with van der Waals surface area (Å²) in [5.41, 5.74) is 2.01. The van der Waals surface area contributed by atoms with E-state index in [0.717, 1.165) is 16.6 Å². The molecule has 0 spiro atoms. The van der Waals surface area contributed by atoms with Gasteiger partial charge in [-0.3, -0.25) is 0 Å². The maximum Gasteiger partial charge on any atom is 0.224 e. The van der Waals surface area contributed by atoms with Crippen molar-refractivity contribution in [3.05, 3.63) is 47.6 Å².